The molecule has 8 heteroatoms. The highest BCUT2D eigenvalue weighted by Gasteiger charge is 2.10. The normalized spacial score (nSPS) is 9.75. The Labute approximate surface area is 146 Å². The van der Waals surface area contributed by atoms with Crippen LogP contribution in [0.3, 0.4) is 0 Å². The molecule has 0 radical (unpaired) electrons. The molecule has 0 fully saturated rings. The lowest BCUT2D eigenvalue weighted by Gasteiger charge is -2.11. The predicted molar refractivity (Wildman–Crippen MR) is 93.0 cm³/mol. The van der Waals surface area contributed by atoms with Crippen molar-refractivity contribution in [1.82, 2.24) is 16.2 Å². The van der Waals surface area contributed by atoms with Crippen LogP contribution in [0.1, 0.15) is 42.1 Å². The molecule has 0 bridgehead atoms. The van der Waals surface area contributed by atoms with E-state index in [1.807, 2.05) is 26.0 Å². The third-order valence-electron chi connectivity index (χ3n) is 2.88. The van der Waals surface area contributed by atoms with Gasteiger partial charge in [0.25, 0.3) is 5.91 Å². The van der Waals surface area contributed by atoms with Crippen molar-refractivity contribution < 1.29 is 19.1 Å². The van der Waals surface area contributed by atoms with Gasteiger partial charge in [-0.05, 0) is 37.7 Å². The van der Waals surface area contributed by atoms with Crippen molar-refractivity contribution in [2.45, 2.75) is 33.1 Å². The van der Waals surface area contributed by atoms with Gasteiger partial charge in [-0.3, -0.25) is 25.2 Å². The molecule has 24 heavy (non-hydrogen) atoms. The Morgan fingerprint density at radius 1 is 1.08 bits per heavy atom. The van der Waals surface area contributed by atoms with Crippen LogP contribution in [0.15, 0.2) is 24.3 Å². The maximum absolute atomic E-state index is 11.9. The first-order valence-electron chi connectivity index (χ1n) is 7.54. The molecule has 0 spiro atoms. The van der Waals surface area contributed by atoms with Crippen LogP contribution in [0.4, 0.5) is 0 Å². The summed E-state index contributed by atoms with van der Waals surface area (Å²) in [4.78, 5) is 34.8. The highest BCUT2D eigenvalue weighted by atomic mass is 32.1. The fraction of sp³-hybridized carbons (Fsp3) is 0.375. The summed E-state index contributed by atoms with van der Waals surface area (Å²) < 4.78 is 4.86. The largest absolute Gasteiger partial charge is 0.466 e. The van der Waals surface area contributed by atoms with Crippen molar-refractivity contribution in [3.63, 3.8) is 0 Å². The first kappa shape index (κ1) is 19.6. The molecule has 0 unspecified atom stereocenters. The molecule has 0 aliphatic heterocycles. The smallest absolute Gasteiger partial charge is 0.306 e. The molecule has 2 amide bonds. The van der Waals surface area contributed by atoms with Crippen molar-refractivity contribution in [1.29, 1.82) is 0 Å². The maximum atomic E-state index is 11.9. The Bertz CT molecular complexity index is 602. The van der Waals surface area contributed by atoms with Gasteiger partial charge in [-0.25, -0.2) is 0 Å². The monoisotopic (exact) mass is 351 g/mol. The van der Waals surface area contributed by atoms with E-state index in [9.17, 15) is 14.4 Å². The van der Waals surface area contributed by atoms with Gasteiger partial charge in [0.2, 0.25) is 5.91 Å². The molecule has 0 heterocycles. The number of carbonyl (C=O) groups is 3. The van der Waals surface area contributed by atoms with Crippen LogP contribution in [-0.4, -0.2) is 29.5 Å². The van der Waals surface area contributed by atoms with E-state index in [0.717, 1.165) is 12.0 Å². The molecule has 0 aliphatic carbocycles. The van der Waals surface area contributed by atoms with Crippen LogP contribution in [0.25, 0.3) is 0 Å². The molecule has 3 N–H and O–H groups in total. The summed E-state index contributed by atoms with van der Waals surface area (Å²) in [6.45, 7) is 4.14. The number of hydrogen-bond acceptors (Lipinski definition) is 5. The summed E-state index contributed by atoms with van der Waals surface area (Å²) in [7, 11) is 0. The molecular weight excluding hydrogens is 330 g/mol. The Morgan fingerprint density at radius 3 is 2.38 bits per heavy atom. The van der Waals surface area contributed by atoms with E-state index in [0.29, 0.717) is 12.2 Å². The maximum Gasteiger partial charge on any atom is 0.306 e. The fourth-order valence-electron chi connectivity index (χ4n) is 1.61. The SMILES string of the molecule is CCCOC(=O)CCC(=O)NC(=S)NNC(=O)c1ccc(C)cc1. The minimum atomic E-state index is -0.439. The van der Waals surface area contributed by atoms with E-state index in [4.69, 9.17) is 17.0 Å². The predicted octanol–water partition coefficient (Wildman–Crippen LogP) is 1.36. The number of esters is 1. The fourth-order valence-corrected chi connectivity index (χ4v) is 1.78. The molecule has 0 aromatic heterocycles. The zero-order chi connectivity index (χ0) is 17.9. The zero-order valence-corrected chi connectivity index (χ0v) is 14.5. The number of hydrazine groups is 1. The number of benzene rings is 1. The van der Waals surface area contributed by atoms with Gasteiger partial charge in [0.1, 0.15) is 0 Å². The van der Waals surface area contributed by atoms with E-state index >= 15 is 0 Å². The number of amides is 2. The van der Waals surface area contributed by atoms with Crippen molar-refractivity contribution in [3.8, 4) is 0 Å². The van der Waals surface area contributed by atoms with E-state index in [1.54, 1.807) is 12.1 Å². The number of rotatable bonds is 6. The van der Waals surface area contributed by atoms with Gasteiger partial charge in [0, 0.05) is 12.0 Å². The van der Waals surface area contributed by atoms with Crippen LogP contribution in [-0.2, 0) is 14.3 Å². The molecule has 0 aliphatic rings. The third-order valence-corrected chi connectivity index (χ3v) is 3.08. The van der Waals surface area contributed by atoms with E-state index in [-0.39, 0.29) is 23.9 Å². The number of ether oxygens (including phenoxy) is 1. The van der Waals surface area contributed by atoms with E-state index < -0.39 is 11.9 Å². The van der Waals surface area contributed by atoms with Crippen LogP contribution < -0.4 is 16.2 Å². The molecule has 1 aromatic carbocycles. The second-order valence-electron chi connectivity index (χ2n) is 5.04. The number of aryl methyl sites for hydroxylation is 1. The van der Waals surface area contributed by atoms with Gasteiger partial charge >= 0.3 is 5.97 Å². The van der Waals surface area contributed by atoms with Crippen LogP contribution >= 0.6 is 12.2 Å². The van der Waals surface area contributed by atoms with Crippen molar-refractivity contribution in [2.75, 3.05) is 6.61 Å². The van der Waals surface area contributed by atoms with Gasteiger partial charge in [0.05, 0.1) is 13.0 Å². The summed E-state index contributed by atoms with van der Waals surface area (Å²) in [5.41, 5.74) is 6.31. The highest BCUT2D eigenvalue weighted by Crippen LogP contribution is 2.02. The second kappa shape index (κ2) is 10.3. The van der Waals surface area contributed by atoms with Gasteiger partial charge in [0.15, 0.2) is 5.11 Å². The van der Waals surface area contributed by atoms with Crippen LogP contribution in [0.2, 0.25) is 0 Å². The average Bonchev–Trinajstić information content (AvgIpc) is 2.56. The number of nitrogens with one attached hydrogen (secondary N) is 3. The zero-order valence-electron chi connectivity index (χ0n) is 13.7. The molecule has 7 nitrogen and oxygen atoms in total. The first-order valence-corrected chi connectivity index (χ1v) is 7.95. The van der Waals surface area contributed by atoms with Gasteiger partial charge in [-0.15, -0.1) is 0 Å². The molecule has 1 rings (SSSR count). The van der Waals surface area contributed by atoms with Gasteiger partial charge < -0.3 is 10.1 Å². The molecular formula is C16H21N3O4S. The minimum absolute atomic E-state index is 0.0236. The lowest BCUT2D eigenvalue weighted by molar-refractivity contribution is -0.144. The minimum Gasteiger partial charge on any atom is -0.466 e. The molecule has 0 atom stereocenters. The lowest BCUT2D eigenvalue weighted by atomic mass is 10.1. The third kappa shape index (κ3) is 7.68. The Hall–Kier alpha value is -2.48. The first-order chi connectivity index (χ1) is 11.4. The van der Waals surface area contributed by atoms with Gasteiger partial charge in [-0.2, -0.15) is 0 Å². The molecule has 0 saturated carbocycles. The Balaban J connectivity index is 2.27. The topological polar surface area (TPSA) is 96.5 Å². The lowest BCUT2D eigenvalue weighted by Crippen LogP contribution is -2.48. The summed E-state index contributed by atoms with van der Waals surface area (Å²) in [6.07, 6.45) is 0.660. The summed E-state index contributed by atoms with van der Waals surface area (Å²) in [5.74, 6) is -1.25. The quantitative estimate of drug-likeness (QED) is 0.407. The number of thiocarbonyl (C=S) groups is 1. The Morgan fingerprint density at radius 2 is 1.75 bits per heavy atom. The molecule has 130 valence electrons. The van der Waals surface area contributed by atoms with Crippen molar-refractivity contribution in [3.05, 3.63) is 35.4 Å². The molecule has 1 aromatic rings. The summed E-state index contributed by atoms with van der Waals surface area (Å²) in [5, 5.41) is 2.31. The summed E-state index contributed by atoms with van der Waals surface area (Å²) in [6, 6.07) is 6.98. The van der Waals surface area contributed by atoms with Crippen molar-refractivity contribution in [2.24, 2.45) is 0 Å². The molecule has 0 saturated heterocycles. The number of hydrogen-bond donors (Lipinski definition) is 3. The standard InChI is InChI=1S/C16H21N3O4S/c1-3-10-23-14(21)9-8-13(20)17-16(24)19-18-15(22)12-6-4-11(2)5-7-12/h4-7H,3,8-10H2,1-2H3,(H,18,22)(H2,17,19,20,24). The summed E-state index contributed by atoms with van der Waals surface area (Å²) >= 11 is 4.90. The van der Waals surface area contributed by atoms with Gasteiger partial charge in [-0.1, -0.05) is 24.6 Å². The average molecular weight is 351 g/mol. The highest BCUT2D eigenvalue weighted by molar-refractivity contribution is 7.80. The van der Waals surface area contributed by atoms with Crippen molar-refractivity contribution >= 4 is 35.1 Å². The Kier molecular flexibility index (Phi) is 8.42. The number of carbonyl (C=O) groups excluding carboxylic acids is 3. The van der Waals surface area contributed by atoms with Crippen LogP contribution in [0.5, 0.6) is 0 Å². The van der Waals surface area contributed by atoms with E-state index in [1.165, 1.54) is 0 Å². The van der Waals surface area contributed by atoms with Crippen LogP contribution in [0, 0.1) is 6.92 Å². The van der Waals surface area contributed by atoms with E-state index in [2.05, 4.69) is 16.2 Å². The second-order valence-corrected chi connectivity index (χ2v) is 5.45.